The largest absolute Gasteiger partial charge is 0.462 e. The first-order valence-electron chi connectivity index (χ1n) is 21.2. The lowest BCUT2D eigenvalue weighted by Crippen LogP contribution is -2.30. The summed E-state index contributed by atoms with van der Waals surface area (Å²) in [6.45, 7) is 6.57. The van der Waals surface area contributed by atoms with E-state index in [1.165, 1.54) is 122 Å². The first-order valence-corrected chi connectivity index (χ1v) is 21.2. The predicted octanol–water partition coefficient (Wildman–Crippen LogP) is 13.1. The Kier molecular flexibility index (Phi) is 37.5. The van der Waals surface area contributed by atoms with Crippen LogP contribution in [0.1, 0.15) is 226 Å². The second kappa shape index (κ2) is 38.9. The number of hydrogen-bond acceptors (Lipinski definition) is 6. The lowest BCUT2D eigenvalue weighted by molar-refractivity contribution is -0.167. The van der Waals surface area contributed by atoms with Gasteiger partial charge in [0.2, 0.25) is 0 Å². The van der Waals surface area contributed by atoms with Crippen LogP contribution in [0.15, 0.2) is 12.2 Å². The van der Waals surface area contributed by atoms with Crippen molar-refractivity contribution in [1.29, 1.82) is 0 Å². The van der Waals surface area contributed by atoms with E-state index in [1.807, 2.05) is 0 Å². The Balaban J connectivity index is 4.33. The Morgan fingerprint density at radius 3 is 1.04 bits per heavy atom. The zero-order chi connectivity index (χ0) is 35.9. The Hall–Kier alpha value is -1.85. The van der Waals surface area contributed by atoms with Crippen LogP contribution in [-0.4, -0.2) is 37.2 Å². The average molecular weight is 693 g/mol. The van der Waals surface area contributed by atoms with E-state index in [9.17, 15) is 14.4 Å². The average Bonchev–Trinajstić information content (AvgIpc) is 3.10. The maximum Gasteiger partial charge on any atom is 0.306 e. The minimum absolute atomic E-state index is 0.0692. The minimum Gasteiger partial charge on any atom is -0.462 e. The first-order chi connectivity index (χ1) is 24.0. The molecule has 0 aromatic carbocycles. The summed E-state index contributed by atoms with van der Waals surface area (Å²) in [5, 5.41) is 0. The molecule has 0 spiro atoms. The Morgan fingerprint density at radius 1 is 0.388 bits per heavy atom. The van der Waals surface area contributed by atoms with Crippen LogP contribution >= 0.6 is 0 Å². The molecule has 0 fully saturated rings. The fourth-order valence-electron chi connectivity index (χ4n) is 6.02. The molecular formula is C43H80O6. The molecule has 6 nitrogen and oxygen atoms in total. The molecule has 0 aromatic rings. The van der Waals surface area contributed by atoms with E-state index in [4.69, 9.17) is 14.2 Å². The highest BCUT2D eigenvalue weighted by Crippen LogP contribution is 2.14. The van der Waals surface area contributed by atoms with Crippen LogP contribution in [0.2, 0.25) is 0 Å². The molecule has 0 rings (SSSR count). The molecular weight excluding hydrogens is 612 g/mol. The zero-order valence-corrected chi connectivity index (χ0v) is 32.7. The quantitative estimate of drug-likeness (QED) is 0.0277. The van der Waals surface area contributed by atoms with E-state index in [1.54, 1.807) is 0 Å². The van der Waals surface area contributed by atoms with E-state index in [-0.39, 0.29) is 31.1 Å². The SMILES string of the molecule is CCCCCC/C=C\CCCCCCCC(=O)OCC(COC(=O)CCCCCCCCCCC)OC(=O)CCCCCCCCCCC. The van der Waals surface area contributed by atoms with Gasteiger partial charge in [0.25, 0.3) is 0 Å². The summed E-state index contributed by atoms with van der Waals surface area (Å²) in [6, 6.07) is 0. The molecule has 1 atom stereocenters. The molecule has 0 aliphatic rings. The Labute approximate surface area is 303 Å². The van der Waals surface area contributed by atoms with Crippen molar-refractivity contribution in [2.75, 3.05) is 13.2 Å². The summed E-state index contributed by atoms with van der Waals surface area (Å²) in [6.07, 6.45) is 39.1. The van der Waals surface area contributed by atoms with Gasteiger partial charge in [-0.05, 0) is 44.9 Å². The summed E-state index contributed by atoms with van der Waals surface area (Å²) in [4.78, 5) is 37.5. The number of unbranched alkanes of at least 4 members (excludes halogenated alkanes) is 25. The van der Waals surface area contributed by atoms with Gasteiger partial charge in [0, 0.05) is 19.3 Å². The van der Waals surface area contributed by atoms with Crippen molar-refractivity contribution in [3.05, 3.63) is 12.2 Å². The minimum atomic E-state index is -0.762. The van der Waals surface area contributed by atoms with E-state index in [0.717, 1.165) is 64.2 Å². The van der Waals surface area contributed by atoms with Crippen molar-refractivity contribution in [2.45, 2.75) is 232 Å². The van der Waals surface area contributed by atoms with Crippen LogP contribution in [0.4, 0.5) is 0 Å². The third-order valence-corrected chi connectivity index (χ3v) is 9.27. The summed E-state index contributed by atoms with van der Waals surface area (Å²) in [5.74, 6) is -0.881. The lowest BCUT2D eigenvalue weighted by atomic mass is 10.1. The number of carbonyl (C=O) groups excluding carboxylic acids is 3. The first kappa shape index (κ1) is 47.1. The van der Waals surface area contributed by atoms with Crippen molar-refractivity contribution < 1.29 is 28.6 Å². The monoisotopic (exact) mass is 693 g/mol. The van der Waals surface area contributed by atoms with E-state index < -0.39 is 6.10 Å². The van der Waals surface area contributed by atoms with Gasteiger partial charge in [0.05, 0.1) is 0 Å². The number of esters is 3. The van der Waals surface area contributed by atoms with E-state index in [0.29, 0.717) is 19.3 Å². The fourth-order valence-corrected chi connectivity index (χ4v) is 6.02. The van der Waals surface area contributed by atoms with Crippen LogP contribution in [0, 0.1) is 0 Å². The van der Waals surface area contributed by atoms with Crippen molar-refractivity contribution >= 4 is 17.9 Å². The van der Waals surface area contributed by atoms with Gasteiger partial charge < -0.3 is 14.2 Å². The normalized spacial score (nSPS) is 12.0. The smallest absolute Gasteiger partial charge is 0.306 e. The van der Waals surface area contributed by atoms with E-state index >= 15 is 0 Å². The second-order valence-corrected chi connectivity index (χ2v) is 14.3. The molecule has 1 unspecified atom stereocenters. The van der Waals surface area contributed by atoms with Gasteiger partial charge in [-0.15, -0.1) is 0 Å². The van der Waals surface area contributed by atoms with Crippen LogP contribution < -0.4 is 0 Å². The highest BCUT2D eigenvalue weighted by Gasteiger charge is 2.19. The molecule has 0 radical (unpaired) electrons. The number of allylic oxidation sites excluding steroid dienone is 2. The second-order valence-electron chi connectivity index (χ2n) is 14.3. The summed E-state index contributed by atoms with van der Waals surface area (Å²) >= 11 is 0. The molecule has 49 heavy (non-hydrogen) atoms. The van der Waals surface area contributed by atoms with Gasteiger partial charge in [0.15, 0.2) is 6.10 Å². The highest BCUT2D eigenvalue weighted by atomic mass is 16.6. The van der Waals surface area contributed by atoms with Crippen LogP contribution in [0.25, 0.3) is 0 Å². The molecule has 0 saturated heterocycles. The lowest BCUT2D eigenvalue weighted by Gasteiger charge is -2.18. The number of ether oxygens (including phenoxy) is 3. The van der Waals surface area contributed by atoms with Gasteiger partial charge in [-0.3, -0.25) is 14.4 Å². The molecule has 0 saturated carbocycles. The Morgan fingerprint density at radius 2 is 0.673 bits per heavy atom. The molecule has 0 aromatic heterocycles. The number of hydrogen-bond donors (Lipinski definition) is 0. The highest BCUT2D eigenvalue weighted by molar-refractivity contribution is 5.71. The van der Waals surface area contributed by atoms with Gasteiger partial charge in [-0.1, -0.05) is 174 Å². The van der Waals surface area contributed by atoms with E-state index in [2.05, 4.69) is 32.9 Å². The molecule has 0 aliphatic heterocycles. The topological polar surface area (TPSA) is 78.9 Å². The number of rotatable bonds is 38. The van der Waals surface area contributed by atoms with Crippen molar-refractivity contribution in [2.24, 2.45) is 0 Å². The standard InChI is InChI=1S/C43H80O6/c1-4-7-10-13-16-19-20-21-22-25-27-30-33-36-42(45)48-39-40(49-43(46)37-34-31-28-24-18-15-12-9-6-3)38-47-41(44)35-32-29-26-23-17-14-11-8-5-2/h19-20,40H,4-18,21-39H2,1-3H3/b20-19-. The van der Waals surface area contributed by atoms with Crippen LogP contribution in [-0.2, 0) is 28.6 Å². The van der Waals surface area contributed by atoms with Gasteiger partial charge in [-0.2, -0.15) is 0 Å². The molecule has 0 amide bonds. The molecule has 288 valence electrons. The third-order valence-electron chi connectivity index (χ3n) is 9.27. The number of carbonyl (C=O) groups is 3. The molecule has 0 N–H and O–H groups in total. The molecule has 0 bridgehead atoms. The Bertz CT molecular complexity index is 763. The maximum absolute atomic E-state index is 12.6. The summed E-state index contributed by atoms with van der Waals surface area (Å²) in [5.41, 5.74) is 0. The van der Waals surface area contributed by atoms with Gasteiger partial charge in [0.1, 0.15) is 13.2 Å². The van der Waals surface area contributed by atoms with Crippen LogP contribution in [0.5, 0.6) is 0 Å². The van der Waals surface area contributed by atoms with Crippen molar-refractivity contribution in [3.8, 4) is 0 Å². The zero-order valence-electron chi connectivity index (χ0n) is 32.7. The summed E-state index contributed by atoms with van der Waals surface area (Å²) in [7, 11) is 0. The fraction of sp³-hybridized carbons (Fsp3) is 0.884. The van der Waals surface area contributed by atoms with Crippen molar-refractivity contribution in [3.63, 3.8) is 0 Å². The molecule has 0 aliphatic carbocycles. The third kappa shape index (κ3) is 37.2. The van der Waals surface area contributed by atoms with Gasteiger partial charge in [-0.25, -0.2) is 0 Å². The maximum atomic E-state index is 12.6. The summed E-state index contributed by atoms with van der Waals surface area (Å²) < 4.78 is 16.6. The van der Waals surface area contributed by atoms with Gasteiger partial charge >= 0.3 is 17.9 Å². The predicted molar refractivity (Wildman–Crippen MR) is 206 cm³/mol. The molecule has 0 heterocycles. The van der Waals surface area contributed by atoms with Crippen LogP contribution in [0.3, 0.4) is 0 Å². The van der Waals surface area contributed by atoms with Crippen molar-refractivity contribution in [1.82, 2.24) is 0 Å². The molecule has 6 heteroatoms.